The number of nitrogens with one attached hydrogen (secondary N) is 1. The number of hydrogen-bond donors (Lipinski definition) is 1. The SMILES string of the molecule is COCCOc1nnc(-c2cc(NC(=O)c3ccnc(C(C)(C)F)c3)ccc2C)cc1N1CCOCC1. The number of rotatable bonds is 9. The molecule has 1 fully saturated rings. The highest BCUT2D eigenvalue weighted by Crippen LogP contribution is 2.33. The number of pyridine rings is 1. The molecule has 0 radical (unpaired) electrons. The van der Waals surface area contributed by atoms with Crippen LogP contribution in [0.25, 0.3) is 11.3 Å². The number of alkyl halides is 1. The molecule has 196 valence electrons. The number of ether oxygens (including phenoxy) is 3. The Balaban J connectivity index is 1.61. The number of methoxy groups -OCH3 is 1. The fourth-order valence-electron chi connectivity index (χ4n) is 3.93. The van der Waals surface area contributed by atoms with Crippen molar-refractivity contribution in [3.8, 4) is 17.1 Å². The molecule has 1 N–H and O–H groups in total. The van der Waals surface area contributed by atoms with Gasteiger partial charge in [-0.25, -0.2) is 4.39 Å². The van der Waals surface area contributed by atoms with Crippen molar-refractivity contribution in [2.24, 2.45) is 0 Å². The Bertz CT molecular complexity index is 1240. The van der Waals surface area contributed by atoms with Crippen molar-refractivity contribution in [3.63, 3.8) is 0 Å². The van der Waals surface area contributed by atoms with E-state index in [9.17, 15) is 9.18 Å². The molecular weight excluding hydrogens is 477 g/mol. The summed E-state index contributed by atoms with van der Waals surface area (Å²) in [5, 5.41) is 11.7. The maximum Gasteiger partial charge on any atom is 0.257 e. The number of benzene rings is 1. The van der Waals surface area contributed by atoms with Crippen LogP contribution >= 0.6 is 0 Å². The molecule has 9 nitrogen and oxygen atoms in total. The van der Waals surface area contributed by atoms with Crippen LogP contribution in [-0.4, -0.2) is 67.7 Å². The van der Waals surface area contributed by atoms with Crippen molar-refractivity contribution in [1.29, 1.82) is 0 Å². The zero-order valence-corrected chi connectivity index (χ0v) is 21.6. The normalized spacial score (nSPS) is 13.9. The predicted octanol–water partition coefficient (Wildman–Crippen LogP) is 4.17. The van der Waals surface area contributed by atoms with Crippen molar-refractivity contribution in [2.75, 3.05) is 56.8 Å². The molecular formula is C27H32FN5O4. The Kier molecular flexibility index (Phi) is 8.30. The maximum atomic E-state index is 14.3. The quantitative estimate of drug-likeness (QED) is 0.429. The van der Waals surface area contributed by atoms with Gasteiger partial charge in [-0.1, -0.05) is 6.07 Å². The highest BCUT2D eigenvalue weighted by molar-refractivity contribution is 6.04. The molecule has 3 heterocycles. The first-order valence-electron chi connectivity index (χ1n) is 12.2. The lowest BCUT2D eigenvalue weighted by molar-refractivity contribution is 0.102. The summed E-state index contributed by atoms with van der Waals surface area (Å²) in [6.45, 7) is 8.24. The first-order valence-corrected chi connectivity index (χ1v) is 12.2. The first kappa shape index (κ1) is 26.4. The van der Waals surface area contributed by atoms with E-state index in [0.29, 0.717) is 62.3 Å². The summed E-state index contributed by atoms with van der Waals surface area (Å²) in [7, 11) is 1.62. The van der Waals surface area contributed by atoms with Crippen molar-refractivity contribution in [3.05, 3.63) is 59.4 Å². The van der Waals surface area contributed by atoms with E-state index in [4.69, 9.17) is 14.2 Å². The van der Waals surface area contributed by atoms with Crippen molar-refractivity contribution < 1.29 is 23.4 Å². The molecule has 1 saturated heterocycles. The van der Waals surface area contributed by atoms with Crippen molar-refractivity contribution >= 4 is 17.3 Å². The van der Waals surface area contributed by atoms with Gasteiger partial charge in [0.25, 0.3) is 11.8 Å². The van der Waals surface area contributed by atoms with E-state index >= 15 is 0 Å². The third-order valence-corrected chi connectivity index (χ3v) is 6.02. The molecule has 4 rings (SSSR count). The molecule has 1 amide bonds. The topological polar surface area (TPSA) is 98.7 Å². The predicted molar refractivity (Wildman–Crippen MR) is 139 cm³/mol. The summed E-state index contributed by atoms with van der Waals surface area (Å²) >= 11 is 0. The van der Waals surface area contributed by atoms with Crippen LogP contribution in [0.15, 0.2) is 42.6 Å². The van der Waals surface area contributed by atoms with E-state index < -0.39 is 5.67 Å². The molecule has 1 aromatic carbocycles. The second-order valence-corrected chi connectivity index (χ2v) is 9.25. The Morgan fingerprint density at radius 3 is 2.65 bits per heavy atom. The molecule has 0 aliphatic carbocycles. The van der Waals surface area contributed by atoms with Crippen LogP contribution in [0.5, 0.6) is 5.88 Å². The minimum Gasteiger partial charge on any atom is -0.473 e. The largest absolute Gasteiger partial charge is 0.473 e. The summed E-state index contributed by atoms with van der Waals surface area (Å²) in [6, 6.07) is 10.6. The number of carbonyl (C=O) groups is 1. The van der Waals surface area contributed by atoms with E-state index in [1.807, 2.05) is 31.2 Å². The number of morpholine rings is 1. The molecule has 0 spiro atoms. The molecule has 37 heavy (non-hydrogen) atoms. The molecule has 0 unspecified atom stereocenters. The van der Waals surface area contributed by atoms with Gasteiger partial charge in [-0.15, -0.1) is 10.2 Å². The van der Waals surface area contributed by atoms with Crippen LogP contribution in [0.2, 0.25) is 0 Å². The minimum atomic E-state index is -1.65. The van der Waals surface area contributed by atoms with Crippen molar-refractivity contribution in [1.82, 2.24) is 15.2 Å². The van der Waals surface area contributed by atoms with E-state index in [-0.39, 0.29) is 11.6 Å². The van der Waals surface area contributed by atoms with E-state index in [0.717, 1.165) is 16.8 Å². The zero-order chi connectivity index (χ0) is 26.4. The summed E-state index contributed by atoms with van der Waals surface area (Å²) in [6.07, 6.45) is 1.44. The third-order valence-electron chi connectivity index (χ3n) is 6.02. The Hall–Kier alpha value is -3.63. The molecule has 0 atom stereocenters. The second kappa shape index (κ2) is 11.6. The van der Waals surface area contributed by atoms with Gasteiger partial charge in [-0.05, 0) is 56.7 Å². The number of aromatic nitrogens is 3. The summed E-state index contributed by atoms with van der Waals surface area (Å²) in [5.41, 5.74) is 2.73. The lowest BCUT2D eigenvalue weighted by Crippen LogP contribution is -2.36. The van der Waals surface area contributed by atoms with Crippen LogP contribution in [0.4, 0.5) is 15.8 Å². The molecule has 10 heteroatoms. The number of hydrogen-bond acceptors (Lipinski definition) is 8. The minimum absolute atomic E-state index is 0.198. The Morgan fingerprint density at radius 2 is 1.92 bits per heavy atom. The number of anilines is 2. The standard InChI is InChI=1S/C27H32FN5O4/c1-18-5-6-20(30-25(34)19-7-8-29-24(15-19)27(2,3)28)16-21(18)22-17-23(33-9-11-36-12-10-33)26(32-31-22)37-14-13-35-4/h5-8,15-17H,9-14H2,1-4H3,(H,30,34). The summed E-state index contributed by atoms with van der Waals surface area (Å²) in [5.74, 6) is 0.0822. The lowest BCUT2D eigenvalue weighted by atomic mass is 10.0. The molecule has 0 saturated carbocycles. The van der Waals surface area contributed by atoms with Gasteiger partial charge >= 0.3 is 0 Å². The third kappa shape index (κ3) is 6.58. The van der Waals surface area contributed by atoms with Gasteiger partial charge in [0, 0.05) is 43.2 Å². The monoisotopic (exact) mass is 509 g/mol. The number of aryl methyl sites for hydroxylation is 1. The van der Waals surface area contributed by atoms with Crippen LogP contribution < -0.4 is 15.0 Å². The smallest absolute Gasteiger partial charge is 0.257 e. The first-order chi connectivity index (χ1) is 17.8. The van der Waals surface area contributed by atoms with Crippen LogP contribution in [0.1, 0.15) is 35.5 Å². The van der Waals surface area contributed by atoms with Gasteiger partial charge in [-0.2, -0.15) is 0 Å². The van der Waals surface area contributed by atoms with Gasteiger partial charge in [0.05, 0.1) is 31.2 Å². The maximum absolute atomic E-state index is 14.3. The fourth-order valence-corrected chi connectivity index (χ4v) is 3.93. The highest BCUT2D eigenvalue weighted by Gasteiger charge is 2.22. The lowest BCUT2D eigenvalue weighted by Gasteiger charge is -2.29. The average molecular weight is 510 g/mol. The van der Waals surface area contributed by atoms with Crippen LogP contribution in [-0.2, 0) is 15.1 Å². The number of amides is 1. The highest BCUT2D eigenvalue weighted by atomic mass is 19.1. The zero-order valence-electron chi connectivity index (χ0n) is 21.6. The fraction of sp³-hybridized carbons (Fsp3) is 0.407. The van der Waals surface area contributed by atoms with Gasteiger partial charge in [0.2, 0.25) is 0 Å². The summed E-state index contributed by atoms with van der Waals surface area (Å²) in [4.78, 5) is 19.1. The van der Waals surface area contributed by atoms with Gasteiger partial charge in [-0.3, -0.25) is 9.78 Å². The van der Waals surface area contributed by atoms with Crippen molar-refractivity contribution in [2.45, 2.75) is 26.4 Å². The summed E-state index contributed by atoms with van der Waals surface area (Å²) < 4.78 is 30.8. The van der Waals surface area contributed by atoms with Gasteiger partial charge in [0.1, 0.15) is 18.0 Å². The second-order valence-electron chi connectivity index (χ2n) is 9.25. The van der Waals surface area contributed by atoms with Crippen LogP contribution in [0, 0.1) is 6.92 Å². The molecule has 1 aliphatic rings. The van der Waals surface area contributed by atoms with E-state index in [2.05, 4.69) is 25.4 Å². The number of carbonyl (C=O) groups excluding carboxylic acids is 1. The van der Waals surface area contributed by atoms with Crippen LogP contribution in [0.3, 0.4) is 0 Å². The van der Waals surface area contributed by atoms with Gasteiger partial charge < -0.3 is 24.4 Å². The number of nitrogens with zero attached hydrogens (tertiary/aromatic N) is 4. The molecule has 0 bridgehead atoms. The van der Waals surface area contributed by atoms with E-state index in [1.165, 1.54) is 26.1 Å². The average Bonchev–Trinajstić information content (AvgIpc) is 2.90. The van der Waals surface area contributed by atoms with E-state index in [1.54, 1.807) is 13.2 Å². The van der Waals surface area contributed by atoms with Gasteiger partial charge in [0.15, 0.2) is 0 Å². The Morgan fingerprint density at radius 1 is 1.14 bits per heavy atom. The molecule has 3 aromatic rings. The Labute approximate surface area is 216 Å². The molecule has 1 aliphatic heterocycles. The number of halogens is 1. The molecule has 2 aromatic heterocycles.